The highest BCUT2D eigenvalue weighted by Crippen LogP contribution is 2.23. The van der Waals surface area contributed by atoms with Crippen LogP contribution in [-0.4, -0.2) is 10.2 Å². The van der Waals surface area contributed by atoms with Gasteiger partial charge in [-0.25, -0.2) is 0 Å². The van der Waals surface area contributed by atoms with Crippen LogP contribution in [-0.2, 0) is 13.1 Å². The fourth-order valence-corrected chi connectivity index (χ4v) is 2.48. The number of benzene rings is 3. The maximum Gasteiger partial charge on any atom is 0.123 e. The second-order valence-electron chi connectivity index (χ2n) is 5.05. The van der Waals surface area contributed by atoms with Crippen LogP contribution in [0.25, 0.3) is 10.8 Å². The van der Waals surface area contributed by atoms with Gasteiger partial charge in [0.15, 0.2) is 0 Å². The van der Waals surface area contributed by atoms with E-state index in [0.717, 1.165) is 12.1 Å². The maximum atomic E-state index is 9.76. The van der Waals surface area contributed by atoms with Gasteiger partial charge in [0.2, 0.25) is 0 Å². The highest BCUT2D eigenvalue weighted by atomic mass is 16.3. The van der Waals surface area contributed by atoms with Crippen LogP contribution in [0.2, 0.25) is 0 Å². The number of hydrogen-bond acceptors (Lipinski definition) is 3. The normalized spacial score (nSPS) is 10.9. The molecular weight excluding hydrogens is 262 g/mol. The molecule has 0 spiro atoms. The Balaban J connectivity index is 1.72. The number of fused-ring (bicyclic) bond motifs is 1. The number of rotatable bonds is 4. The molecule has 0 heterocycles. The van der Waals surface area contributed by atoms with Crippen molar-refractivity contribution >= 4 is 10.8 Å². The van der Waals surface area contributed by atoms with Gasteiger partial charge in [-0.2, -0.15) is 0 Å². The molecule has 0 fully saturated rings. The Morgan fingerprint density at radius 2 is 1.52 bits per heavy atom. The van der Waals surface area contributed by atoms with Crippen LogP contribution in [0.3, 0.4) is 0 Å². The third kappa shape index (κ3) is 2.98. The molecular formula is C18H17NO2. The van der Waals surface area contributed by atoms with E-state index in [1.165, 1.54) is 22.4 Å². The molecule has 3 N–H and O–H groups in total. The Bertz CT molecular complexity index is 763. The van der Waals surface area contributed by atoms with Gasteiger partial charge in [0.25, 0.3) is 0 Å². The maximum absolute atomic E-state index is 9.76. The fourth-order valence-electron chi connectivity index (χ4n) is 2.48. The molecule has 0 amide bonds. The molecule has 3 rings (SSSR count). The Morgan fingerprint density at radius 3 is 2.38 bits per heavy atom. The smallest absolute Gasteiger partial charge is 0.123 e. The number of aromatic hydroxyl groups is 2. The van der Waals surface area contributed by atoms with Crippen molar-refractivity contribution in [3.63, 3.8) is 0 Å². The first-order chi connectivity index (χ1) is 10.2. The first-order valence-corrected chi connectivity index (χ1v) is 6.92. The molecule has 0 saturated heterocycles. The van der Waals surface area contributed by atoms with Gasteiger partial charge in [0.05, 0.1) is 0 Å². The summed E-state index contributed by atoms with van der Waals surface area (Å²) in [5, 5.41) is 24.8. The standard InChI is InChI=1S/C18H17NO2/c20-16-9-8-15(18(21)10-16)12-19-11-14-6-3-5-13-4-1-2-7-17(13)14/h1-10,19-21H,11-12H2. The van der Waals surface area contributed by atoms with Gasteiger partial charge in [-0.05, 0) is 22.4 Å². The van der Waals surface area contributed by atoms with Crippen molar-refractivity contribution in [3.8, 4) is 11.5 Å². The summed E-state index contributed by atoms with van der Waals surface area (Å²) in [4.78, 5) is 0. The molecule has 3 heteroatoms. The second-order valence-corrected chi connectivity index (χ2v) is 5.05. The van der Waals surface area contributed by atoms with E-state index in [1.54, 1.807) is 12.1 Å². The molecule has 0 aromatic heterocycles. The van der Waals surface area contributed by atoms with Crippen molar-refractivity contribution in [2.24, 2.45) is 0 Å². The molecule has 3 nitrogen and oxygen atoms in total. The molecule has 0 aliphatic rings. The van der Waals surface area contributed by atoms with E-state index in [9.17, 15) is 10.2 Å². The van der Waals surface area contributed by atoms with E-state index < -0.39 is 0 Å². The third-order valence-electron chi connectivity index (χ3n) is 3.58. The highest BCUT2D eigenvalue weighted by molar-refractivity contribution is 5.85. The predicted octanol–water partition coefficient (Wildman–Crippen LogP) is 3.54. The lowest BCUT2D eigenvalue weighted by atomic mass is 10.0. The second kappa shape index (κ2) is 5.85. The van der Waals surface area contributed by atoms with Crippen LogP contribution in [0.15, 0.2) is 60.7 Å². The fraction of sp³-hybridized carbons (Fsp3) is 0.111. The summed E-state index contributed by atoms with van der Waals surface area (Å²) in [6.45, 7) is 1.27. The molecule has 3 aromatic carbocycles. The minimum atomic E-state index is 0.0744. The monoisotopic (exact) mass is 279 g/mol. The Hall–Kier alpha value is -2.52. The van der Waals surface area contributed by atoms with Crippen LogP contribution in [0, 0.1) is 0 Å². The van der Waals surface area contributed by atoms with Crippen LogP contribution in [0.5, 0.6) is 11.5 Å². The first kappa shape index (κ1) is 13.5. The lowest BCUT2D eigenvalue weighted by molar-refractivity contribution is 0.443. The van der Waals surface area contributed by atoms with Crippen molar-refractivity contribution in [2.75, 3.05) is 0 Å². The van der Waals surface area contributed by atoms with Crippen LogP contribution in [0.1, 0.15) is 11.1 Å². The molecule has 0 aliphatic carbocycles. The summed E-state index contributed by atoms with van der Waals surface area (Å²) >= 11 is 0. The van der Waals surface area contributed by atoms with Crippen LogP contribution in [0.4, 0.5) is 0 Å². The van der Waals surface area contributed by atoms with Crippen molar-refractivity contribution in [2.45, 2.75) is 13.1 Å². The lowest BCUT2D eigenvalue weighted by Gasteiger charge is -2.09. The summed E-state index contributed by atoms with van der Waals surface area (Å²) < 4.78 is 0. The van der Waals surface area contributed by atoms with E-state index in [2.05, 4.69) is 35.6 Å². The summed E-state index contributed by atoms with van der Waals surface area (Å²) in [6.07, 6.45) is 0. The van der Waals surface area contributed by atoms with Gasteiger partial charge >= 0.3 is 0 Å². The molecule has 0 saturated carbocycles. The highest BCUT2D eigenvalue weighted by Gasteiger charge is 2.03. The van der Waals surface area contributed by atoms with E-state index in [1.807, 2.05) is 12.1 Å². The van der Waals surface area contributed by atoms with Gasteiger partial charge < -0.3 is 15.5 Å². The summed E-state index contributed by atoms with van der Waals surface area (Å²) in [7, 11) is 0. The van der Waals surface area contributed by atoms with E-state index in [4.69, 9.17) is 0 Å². The van der Waals surface area contributed by atoms with Gasteiger partial charge in [0.1, 0.15) is 11.5 Å². The Kier molecular flexibility index (Phi) is 3.75. The van der Waals surface area contributed by atoms with Gasteiger partial charge in [-0.3, -0.25) is 0 Å². The van der Waals surface area contributed by atoms with Crippen molar-refractivity contribution in [1.29, 1.82) is 0 Å². The molecule has 0 unspecified atom stereocenters. The number of hydrogen-bond donors (Lipinski definition) is 3. The topological polar surface area (TPSA) is 52.5 Å². The molecule has 0 radical (unpaired) electrons. The minimum Gasteiger partial charge on any atom is -0.508 e. The Labute approximate surface area is 123 Å². The summed E-state index contributed by atoms with van der Waals surface area (Å²) in [5.74, 6) is 0.186. The number of nitrogens with one attached hydrogen (secondary N) is 1. The summed E-state index contributed by atoms with van der Waals surface area (Å²) in [5.41, 5.74) is 2.00. The van der Waals surface area contributed by atoms with Crippen LogP contribution < -0.4 is 5.32 Å². The molecule has 3 aromatic rings. The minimum absolute atomic E-state index is 0.0744. The lowest BCUT2D eigenvalue weighted by Crippen LogP contribution is -2.13. The third-order valence-corrected chi connectivity index (χ3v) is 3.58. The Morgan fingerprint density at radius 1 is 0.762 bits per heavy atom. The largest absolute Gasteiger partial charge is 0.508 e. The molecule has 0 bridgehead atoms. The average molecular weight is 279 g/mol. The number of phenols is 2. The van der Waals surface area contributed by atoms with Crippen LogP contribution >= 0.6 is 0 Å². The van der Waals surface area contributed by atoms with E-state index in [0.29, 0.717) is 6.54 Å². The molecule has 0 aliphatic heterocycles. The average Bonchev–Trinajstić information content (AvgIpc) is 2.50. The quantitative estimate of drug-likeness (QED) is 0.684. The van der Waals surface area contributed by atoms with E-state index in [-0.39, 0.29) is 11.5 Å². The van der Waals surface area contributed by atoms with Crippen molar-refractivity contribution in [3.05, 3.63) is 71.8 Å². The van der Waals surface area contributed by atoms with Gasteiger partial charge in [-0.15, -0.1) is 0 Å². The zero-order valence-electron chi connectivity index (χ0n) is 11.6. The summed E-state index contributed by atoms with van der Waals surface area (Å²) in [6, 6.07) is 19.2. The predicted molar refractivity (Wildman–Crippen MR) is 84.3 cm³/mol. The first-order valence-electron chi connectivity index (χ1n) is 6.92. The SMILES string of the molecule is Oc1ccc(CNCc2cccc3ccccc23)c(O)c1. The van der Waals surface area contributed by atoms with Gasteiger partial charge in [-0.1, -0.05) is 48.5 Å². The molecule has 106 valence electrons. The molecule has 21 heavy (non-hydrogen) atoms. The van der Waals surface area contributed by atoms with E-state index >= 15 is 0 Å². The zero-order chi connectivity index (χ0) is 14.7. The van der Waals surface area contributed by atoms with Gasteiger partial charge in [0, 0.05) is 24.7 Å². The number of phenolic OH excluding ortho intramolecular Hbond substituents is 2. The van der Waals surface area contributed by atoms with Crippen molar-refractivity contribution in [1.82, 2.24) is 5.32 Å². The zero-order valence-corrected chi connectivity index (χ0v) is 11.6. The van der Waals surface area contributed by atoms with Crippen molar-refractivity contribution < 1.29 is 10.2 Å². The molecule has 0 atom stereocenters.